The van der Waals surface area contributed by atoms with Crippen LogP contribution in [0.3, 0.4) is 0 Å². The summed E-state index contributed by atoms with van der Waals surface area (Å²) in [5, 5.41) is 3.49. The molecule has 1 N–H and O–H groups in total. The normalized spacial score (nSPS) is 17.9. The van der Waals surface area contributed by atoms with Crippen molar-refractivity contribution in [3.8, 4) is 0 Å². The van der Waals surface area contributed by atoms with Crippen LogP contribution in [0.1, 0.15) is 24.2 Å². The van der Waals surface area contributed by atoms with Crippen molar-refractivity contribution in [2.24, 2.45) is 0 Å². The summed E-state index contributed by atoms with van der Waals surface area (Å²) in [5.74, 6) is 2.87. The highest BCUT2D eigenvalue weighted by atomic mass is 15.3. The lowest BCUT2D eigenvalue weighted by Crippen LogP contribution is -2.47. The van der Waals surface area contributed by atoms with E-state index in [0.717, 1.165) is 43.6 Å². The second kappa shape index (κ2) is 6.30. The summed E-state index contributed by atoms with van der Waals surface area (Å²) in [7, 11) is 0. The number of benzene rings is 1. The molecule has 1 aliphatic carbocycles. The van der Waals surface area contributed by atoms with Crippen LogP contribution in [0.4, 0.5) is 17.3 Å². The Morgan fingerprint density at radius 3 is 2.42 bits per heavy atom. The first-order chi connectivity index (χ1) is 11.7. The smallest absolute Gasteiger partial charge is 0.134 e. The van der Waals surface area contributed by atoms with E-state index in [1.54, 1.807) is 0 Å². The summed E-state index contributed by atoms with van der Waals surface area (Å²) in [4.78, 5) is 14.0. The average molecular weight is 323 g/mol. The molecule has 0 atom stereocenters. The molecule has 1 aliphatic heterocycles. The lowest BCUT2D eigenvalue weighted by Gasteiger charge is -2.37. The van der Waals surface area contributed by atoms with Gasteiger partial charge in [-0.25, -0.2) is 9.97 Å². The fourth-order valence-electron chi connectivity index (χ4n) is 3.24. The van der Waals surface area contributed by atoms with Gasteiger partial charge in [0.25, 0.3) is 0 Å². The van der Waals surface area contributed by atoms with E-state index in [-0.39, 0.29) is 0 Å². The van der Waals surface area contributed by atoms with Crippen molar-refractivity contribution in [3.05, 3.63) is 41.7 Å². The predicted molar refractivity (Wildman–Crippen MR) is 99.0 cm³/mol. The van der Waals surface area contributed by atoms with Crippen molar-refractivity contribution < 1.29 is 0 Å². The Morgan fingerprint density at radius 1 is 0.958 bits per heavy atom. The minimum atomic E-state index is 0.616. The minimum Gasteiger partial charge on any atom is -0.368 e. The summed E-state index contributed by atoms with van der Waals surface area (Å²) in [6.45, 7) is 8.17. The number of aryl methyl sites for hydroxylation is 2. The first kappa shape index (κ1) is 15.2. The fourth-order valence-corrected chi connectivity index (χ4v) is 3.24. The summed E-state index contributed by atoms with van der Waals surface area (Å²) in [6, 6.07) is 11.5. The Labute approximate surface area is 143 Å². The highest BCUT2D eigenvalue weighted by Gasteiger charge is 2.23. The number of nitrogens with one attached hydrogen (secondary N) is 1. The highest BCUT2D eigenvalue weighted by Crippen LogP contribution is 2.26. The van der Waals surface area contributed by atoms with E-state index < -0.39 is 0 Å². The van der Waals surface area contributed by atoms with E-state index in [1.807, 2.05) is 6.92 Å². The first-order valence-electron chi connectivity index (χ1n) is 8.86. The van der Waals surface area contributed by atoms with Gasteiger partial charge in [0.1, 0.15) is 17.5 Å². The third-order valence-corrected chi connectivity index (χ3v) is 4.72. The zero-order valence-corrected chi connectivity index (χ0v) is 14.5. The Kier molecular flexibility index (Phi) is 4.00. The van der Waals surface area contributed by atoms with Crippen LogP contribution in [0.15, 0.2) is 30.3 Å². The summed E-state index contributed by atoms with van der Waals surface area (Å²) >= 11 is 0. The zero-order chi connectivity index (χ0) is 16.5. The number of nitrogens with zero attached hydrogens (tertiary/aromatic N) is 4. The van der Waals surface area contributed by atoms with Crippen LogP contribution >= 0.6 is 0 Å². The van der Waals surface area contributed by atoms with Crippen LogP contribution in [-0.4, -0.2) is 42.2 Å². The fraction of sp³-hybridized carbons (Fsp3) is 0.474. The Hall–Kier alpha value is -2.30. The molecule has 24 heavy (non-hydrogen) atoms. The zero-order valence-electron chi connectivity index (χ0n) is 14.5. The first-order valence-corrected chi connectivity index (χ1v) is 8.86. The summed E-state index contributed by atoms with van der Waals surface area (Å²) in [5.41, 5.74) is 2.64. The van der Waals surface area contributed by atoms with Gasteiger partial charge in [0, 0.05) is 44.0 Å². The molecule has 126 valence electrons. The molecule has 2 aliphatic rings. The molecule has 5 heteroatoms. The molecular weight excluding hydrogens is 298 g/mol. The quantitative estimate of drug-likeness (QED) is 0.937. The van der Waals surface area contributed by atoms with Crippen molar-refractivity contribution in [3.63, 3.8) is 0 Å². The topological polar surface area (TPSA) is 44.3 Å². The lowest BCUT2D eigenvalue weighted by atomic mass is 10.2. The summed E-state index contributed by atoms with van der Waals surface area (Å²) in [6.07, 6.45) is 2.51. The molecular formula is C19H25N5. The van der Waals surface area contributed by atoms with Crippen LogP contribution in [0.5, 0.6) is 0 Å². The molecule has 0 amide bonds. The van der Waals surface area contributed by atoms with Crippen LogP contribution < -0.4 is 15.1 Å². The van der Waals surface area contributed by atoms with Crippen LogP contribution in [0, 0.1) is 13.8 Å². The molecule has 2 heterocycles. The maximum absolute atomic E-state index is 4.65. The monoisotopic (exact) mass is 323 g/mol. The van der Waals surface area contributed by atoms with Gasteiger partial charge in [0.2, 0.25) is 0 Å². The molecule has 1 aromatic heterocycles. The maximum Gasteiger partial charge on any atom is 0.134 e. The predicted octanol–water partition coefficient (Wildman–Crippen LogP) is 2.99. The van der Waals surface area contributed by atoms with E-state index >= 15 is 0 Å². The van der Waals surface area contributed by atoms with Crippen molar-refractivity contribution in [1.82, 2.24) is 9.97 Å². The maximum atomic E-state index is 4.65. The third-order valence-electron chi connectivity index (χ3n) is 4.72. The van der Waals surface area contributed by atoms with Crippen molar-refractivity contribution in [1.29, 1.82) is 0 Å². The van der Waals surface area contributed by atoms with Crippen molar-refractivity contribution >= 4 is 17.3 Å². The van der Waals surface area contributed by atoms with Gasteiger partial charge in [0.15, 0.2) is 0 Å². The number of hydrogen-bond donors (Lipinski definition) is 1. The molecule has 0 radical (unpaired) electrons. The van der Waals surface area contributed by atoms with E-state index in [1.165, 1.54) is 24.1 Å². The Morgan fingerprint density at radius 2 is 1.71 bits per heavy atom. The van der Waals surface area contributed by atoms with Gasteiger partial charge in [-0.1, -0.05) is 12.1 Å². The molecule has 4 rings (SSSR count). The minimum absolute atomic E-state index is 0.616. The molecule has 2 aromatic rings. The number of piperazine rings is 1. The second-order valence-corrected chi connectivity index (χ2v) is 6.89. The Balaban J connectivity index is 1.44. The molecule has 0 spiro atoms. The molecule has 1 aromatic carbocycles. The second-order valence-electron chi connectivity index (χ2n) is 6.89. The van der Waals surface area contributed by atoms with Crippen LogP contribution in [0.2, 0.25) is 0 Å². The van der Waals surface area contributed by atoms with Gasteiger partial charge in [-0.05, 0) is 44.4 Å². The standard InChI is InChI=1S/C19H25N5/c1-14-4-3-5-17(12-14)23-8-10-24(11-9-23)19-13-18(20-15(2)21-19)22-16-6-7-16/h3-5,12-13,16H,6-11H2,1-2H3,(H,20,21,22). The van der Waals surface area contributed by atoms with Gasteiger partial charge in [-0.2, -0.15) is 0 Å². The summed E-state index contributed by atoms with van der Waals surface area (Å²) < 4.78 is 0. The number of rotatable bonds is 4. The number of anilines is 3. The van der Waals surface area contributed by atoms with Gasteiger partial charge < -0.3 is 15.1 Å². The lowest BCUT2D eigenvalue weighted by molar-refractivity contribution is 0.645. The van der Waals surface area contributed by atoms with Crippen LogP contribution in [0.25, 0.3) is 0 Å². The highest BCUT2D eigenvalue weighted by molar-refractivity contribution is 5.53. The van der Waals surface area contributed by atoms with E-state index in [4.69, 9.17) is 0 Å². The van der Waals surface area contributed by atoms with Crippen molar-refractivity contribution in [2.45, 2.75) is 32.7 Å². The largest absolute Gasteiger partial charge is 0.368 e. The number of hydrogen-bond acceptors (Lipinski definition) is 5. The third kappa shape index (κ3) is 3.45. The van der Waals surface area contributed by atoms with Gasteiger partial charge in [-0.3, -0.25) is 0 Å². The molecule has 0 unspecified atom stereocenters. The van der Waals surface area contributed by atoms with E-state index in [9.17, 15) is 0 Å². The molecule has 1 saturated carbocycles. The van der Waals surface area contributed by atoms with Crippen LogP contribution in [-0.2, 0) is 0 Å². The molecule has 2 fully saturated rings. The van der Waals surface area contributed by atoms with Gasteiger partial charge in [-0.15, -0.1) is 0 Å². The SMILES string of the molecule is Cc1cccc(N2CCN(c3cc(NC4CC4)nc(C)n3)CC2)c1. The molecule has 1 saturated heterocycles. The number of aromatic nitrogens is 2. The van der Waals surface area contributed by atoms with E-state index in [0.29, 0.717) is 6.04 Å². The van der Waals surface area contributed by atoms with Gasteiger partial charge >= 0.3 is 0 Å². The van der Waals surface area contributed by atoms with Crippen molar-refractivity contribution in [2.75, 3.05) is 41.3 Å². The Bertz CT molecular complexity index is 717. The van der Waals surface area contributed by atoms with E-state index in [2.05, 4.69) is 62.3 Å². The molecule has 5 nitrogen and oxygen atoms in total. The van der Waals surface area contributed by atoms with Gasteiger partial charge in [0.05, 0.1) is 0 Å². The molecule has 0 bridgehead atoms. The average Bonchev–Trinajstić information content (AvgIpc) is 3.38.